The van der Waals surface area contributed by atoms with E-state index < -0.39 is 0 Å². The summed E-state index contributed by atoms with van der Waals surface area (Å²) in [4.78, 5) is 19.0. The van der Waals surface area contributed by atoms with Crippen LogP contribution >= 0.6 is 0 Å². The van der Waals surface area contributed by atoms with E-state index in [2.05, 4.69) is 23.2 Å². The van der Waals surface area contributed by atoms with Crippen LogP contribution in [0.5, 0.6) is 0 Å². The summed E-state index contributed by atoms with van der Waals surface area (Å²) >= 11 is 0. The average molecular weight is 362 g/mol. The molecule has 1 N–H and O–H groups in total. The van der Waals surface area contributed by atoms with Gasteiger partial charge in [-0.3, -0.25) is 9.78 Å². The Kier molecular flexibility index (Phi) is 4.88. The number of rotatable bonds is 3. The maximum atomic E-state index is 12.8. The van der Waals surface area contributed by atoms with Crippen LogP contribution in [0.3, 0.4) is 0 Å². The van der Waals surface area contributed by atoms with Gasteiger partial charge in [0, 0.05) is 23.2 Å². The number of ether oxygens (including phenoxy) is 1. The summed E-state index contributed by atoms with van der Waals surface area (Å²) < 4.78 is 5.35. The van der Waals surface area contributed by atoms with Crippen LogP contribution in [0.2, 0.25) is 0 Å². The van der Waals surface area contributed by atoms with Crippen molar-refractivity contribution in [2.45, 2.75) is 13.0 Å². The molecule has 1 aliphatic heterocycles. The van der Waals surface area contributed by atoms with Crippen LogP contribution in [0.15, 0.2) is 54.6 Å². The quantitative estimate of drug-likeness (QED) is 0.778. The molecule has 1 atom stereocenters. The molecular weight excluding hydrogens is 340 g/mol. The molecule has 0 radical (unpaired) electrons. The van der Waals surface area contributed by atoms with Crippen molar-refractivity contribution in [1.29, 1.82) is 0 Å². The molecule has 0 spiro atoms. The SMILES string of the molecule is Cc1ccc2cc(-c3ccc(C(=O)N4CCOC[C@H]4CO)cc3)ccc2n1. The number of benzene rings is 2. The van der Waals surface area contributed by atoms with Gasteiger partial charge in [0.2, 0.25) is 0 Å². The van der Waals surface area contributed by atoms with Crippen molar-refractivity contribution in [2.75, 3.05) is 26.4 Å². The molecule has 1 amide bonds. The first-order valence-electron chi connectivity index (χ1n) is 9.13. The number of fused-ring (bicyclic) bond motifs is 1. The maximum absolute atomic E-state index is 12.8. The lowest BCUT2D eigenvalue weighted by atomic mass is 10.0. The molecule has 1 fully saturated rings. The first-order valence-corrected chi connectivity index (χ1v) is 9.13. The maximum Gasteiger partial charge on any atom is 0.254 e. The van der Waals surface area contributed by atoms with Gasteiger partial charge in [-0.25, -0.2) is 0 Å². The lowest BCUT2D eigenvalue weighted by Gasteiger charge is -2.34. The van der Waals surface area contributed by atoms with Gasteiger partial charge < -0.3 is 14.7 Å². The summed E-state index contributed by atoms with van der Waals surface area (Å²) in [7, 11) is 0. The molecule has 0 aliphatic carbocycles. The van der Waals surface area contributed by atoms with E-state index in [1.54, 1.807) is 4.90 Å². The van der Waals surface area contributed by atoms with E-state index in [9.17, 15) is 9.90 Å². The van der Waals surface area contributed by atoms with E-state index in [1.807, 2.05) is 43.3 Å². The number of carbonyl (C=O) groups is 1. The lowest BCUT2D eigenvalue weighted by Crippen LogP contribution is -2.50. The molecule has 27 heavy (non-hydrogen) atoms. The summed E-state index contributed by atoms with van der Waals surface area (Å²) in [5.41, 5.74) is 4.74. The minimum atomic E-state index is -0.276. The van der Waals surface area contributed by atoms with Crippen LogP contribution in [0.4, 0.5) is 0 Å². The minimum absolute atomic E-state index is 0.0675. The Bertz CT molecular complexity index is 969. The van der Waals surface area contributed by atoms with E-state index in [0.717, 1.165) is 27.7 Å². The van der Waals surface area contributed by atoms with Crippen LogP contribution in [0.25, 0.3) is 22.0 Å². The van der Waals surface area contributed by atoms with Gasteiger partial charge in [-0.2, -0.15) is 0 Å². The monoisotopic (exact) mass is 362 g/mol. The highest BCUT2D eigenvalue weighted by Crippen LogP contribution is 2.25. The zero-order valence-corrected chi connectivity index (χ0v) is 15.3. The van der Waals surface area contributed by atoms with Crippen molar-refractivity contribution in [3.63, 3.8) is 0 Å². The van der Waals surface area contributed by atoms with Gasteiger partial charge in [0.1, 0.15) is 0 Å². The van der Waals surface area contributed by atoms with Gasteiger partial charge in [-0.1, -0.05) is 24.3 Å². The number of aryl methyl sites for hydroxylation is 1. The zero-order valence-electron chi connectivity index (χ0n) is 15.3. The molecule has 0 bridgehead atoms. The van der Waals surface area contributed by atoms with Gasteiger partial charge >= 0.3 is 0 Å². The van der Waals surface area contributed by atoms with Crippen molar-refractivity contribution in [3.05, 3.63) is 65.9 Å². The topological polar surface area (TPSA) is 62.7 Å². The molecule has 1 aliphatic rings. The molecule has 0 unspecified atom stereocenters. The van der Waals surface area contributed by atoms with Crippen molar-refractivity contribution in [3.8, 4) is 11.1 Å². The fraction of sp³-hybridized carbons (Fsp3) is 0.273. The number of aliphatic hydroxyl groups excluding tert-OH is 1. The first-order chi connectivity index (χ1) is 13.2. The van der Waals surface area contributed by atoms with Crippen LogP contribution in [0, 0.1) is 6.92 Å². The summed E-state index contributed by atoms with van der Waals surface area (Å²) in [5.74, 6) is -0.0675. The van der Waals surface area contributed by atoms with Crippen LogP contribution in [0.1, 0.15) is 16.1 Å². The summed E-state index contributed by atoms with van der Waals surface area (Å²) in [6, 6.07) is 17.6. The second kappa shape index (κ2) is 7.47. The second-order valence-corrected chi connectivity index (χ2v) is 6.85. The smallest absolute Gasteiger partial charge is 0.254 e. The molecule has 3 aromatic rings. The Labute approximate surface area is 158 Å². The number of aliphatic hydroxyl groups is 1. The first kappa shape index (κ1) is 17.6. The third kappa shape index (κ3) is 3.56. The second-order valence-electron chi connectivity index (χ2n) is 6.85. The molecule has 4 rings (SSSR count). The highest BCUT2D eigenvalue weighted by Gasteiger charge is 2.27. The number of hydrogen-bond donors (Lipinski definition) is 1. The van der Waals surface area contributed by atoms with E-state index >= 15 is 0 Å². The Morgan fingerprint density at radius 3 is 2.70 bits per heavy atom. The molecule has 138 valence electrons. The highest BCUT2D eigenvalue weighted by molar-refractivity contribution is 5.95. The summed E-state index contributed by atoms with van der Waals surface area (Å²) in [5, 5.41) is 10.6. The van der Waals surface area contributed by atoms with Gasteiger partial charge in [0.25, 0.3) is 5.91 Å². The van der Waals surface area contributed by atoms with E-state index in [4.69, 9.17) is 4.74 Å². The molecule has 2 aromatic carbocycles. The van der Waals surface area contributed by atoms with Gasteiger partial charge in [0.15, 0.2) is 0 Å². The number of hydrogen-bond acceptors (Lipinski definition) is 4. The predicted molar refractivity (Wildman–Crippen MR) is 105 cm³/mol. The van der Waals surface area contributed by atoms with Crippen LogP contribution in [-0.4, -0.2) is 53.3 Å². The van der Waals surface area contributed by atoms with Crippen LogP contribution in [-0.2, 0) is 4.74 Å². The molecule has 5 heteroatoms. The highest BCUT2D eigenvalue weighted by atomic mass is 16.5. The predicted octanol–water partition coefficient (Wildman–Crippen LogP) is 3.04. The normalized spacial score (nSPS) is 17.3. The van der Waals surface area contributed by atoms with Gasteiger partial charge in [0.05, 0.1) is 31.4 Å². The molecule has 5 nitrogen and oxygen atoms in total. The van der Waals surface area contributed by atoms with Crippen molar-refractivity contribution in [1.82, 2.24) is 9.88 Å². The Hall–Kier alpha value is -2.76. The number of morpholine rings is 1. The summed E-state index contributed by atoms with van der Waals surface area (Å²) in [6.45, 7) is 3.28. The molecular formula is C22H22N2O3. The standard InChI is InChI=1S/C22H22N2O3/c1-15-2-3-19-12-18(8-9-21(19)23-15)16-4-6-17(7-5-16)22(26)24-10-11-27-14-20(24)13-25/h2-9,12,20,25H,10-11,13-14H2,1H3/t20-/m1/s1. The number of carbonyl (C=O) groups excluding carboxylic acids is 1. The largest absolute Gasteiger partial charge is 0.394 e. The summed E-state index contributed by atoms with van der Waals surface area (Å²) in [6.07, 6.45) is 0. The van der Waals surface area contributed by atoms with Crippen molar-refractivity contribution in [2.24, 2.45) is 0 Å². The number of pyridine rings is 1. The average Bonchev–Trinajstić information content (AvgIpc) is 2.73. The third-order valence-electron chi connectivity index (χ3n) is 4.99. The van der Waals surface area contributed by atoms with Crippen molar-refractivity contribution < 1.29 is 14.6 Å². The number of aromatic nitrogens is 1. The Balaban J connectivity index is 1.58. The van der Waals surface area contributed by atoms with Crippen molar-refractivity contribution >= 4 is 16.8 Å². The fourth-order valence-electron chi connectivity index (χ4n) is 3.45. The minimum Gasteiger partial charge on any atom is -0.394 e. The zero-order chi connectivity index (χ0) is 18.8. The molecule has 2 heterocycles. The van der Waals surface area contributed by atoms with Gasteiger partial charge in [-0.15, -0.1) is 0 Å². The van der Waals surface area contributed by atoms with Gasteiger partial charge in [-0.05, 0) is 48.4 Å². The molecule has 0 saturated carbocycles. The number of amides is 1. The molecule has 1 saturated heterocycles. The third-order valence-corrected chi connectivity index (χ3v) is 4.99. The van der Waals surface area contributed by atoms with E-state index in [1.165, 1.54) is 0 Å². The Morgan fingerprint density at radius 1 is 1.15 bits per heavy atom. The molecule has 1 aromatic heterocycles. The Morgan fingerprint density at radius 2 is 1.93 bits per heavy atom. The van der Waals surface area contributed by atoms with E-state index in [0.29, 0.717) is 25.3 Å². The van der Waals surface area contributed by atoms with Crippen LogP contribution < -0.4 is 0 Å². The lowest BCUT2D eigenvalue weighted by molar-refractivity contribution is -0.0183. The fourth-order valence-corrected chi connectivity index (χ4v) is 3.45. The van der Waals surface area contributed by atoms with E-state index in [-0.39, 0.29) is 18.6 Å². The number of nitrogens with zero attached hydrogens (tertiary/aromatic N) is 2.